The Morgan fingerprint density at radius 1 is 1.00 bits per heavy atom. The molecule has 210 valence electrons. The van der Waals surface area contributed by atoms with Crippen molar-refractivity contribution >= 4 is 29.4 Å². The number of hydrogen-bond donors (Lipinski definition) is 2. The van der Waals surface area contributed by atoms with Gasteiger partial charge in [-0.25, -0.2) is 9.59 Å². The average molecular weight is 542 g/mol. The van der Waals surface area contributed by atoms with E-state index in [9.17, 15) is 14.4 Å². The minimum atomic E-state index is -1.40. The summed E-state index contributed by atoms with van der Waals surface area (Å²) in [6.07, 6.45) is 0.286. The molecule has 11 nitrogen and oxygen atoms in total. The minimum Gasteiger partial charge on any atom is -0.493 e. The van der Waals surface area contributed by atoms with E-state index >= 15 is 0 Å². The second-order valence-corrected chi connectivity index (χ2v) is 9.28. The van der Waals surface area contributed by atoms with Gasteiger partial charge in [-0.1, -0.05) is 0 Å². The van der Waals surface area contributed by atoms with Crippen molar-refractivity contribution in [2.75, 3.05) is 49.7 Å². The van der Waals surface area contributed by atoms with Crippen LogP contribution in [-0.4, -0.2) is 73.5 Å². The highest BCUT2D eigenvalue weighted by Gasteiger charge is 2.31. The zero-order valence-electron chi connectivity index (χ0n) is 22.5. The Hall–Kier alpha value is -3.99. The second-order valence-electron chi connectivity index (χ2n) is 9.28. The normalized spacial score (nSPS) is 15.8. The molecule has 0 aromatic heterocycles. The standard InChI is InChI=1S/C28H35N3O8/c1-4-36-23-13-18(14-24(37-5-2)26(23)27(33)38-6-3)16-30-11-9-19(10-12-30)31-17-25(32)29-21-15-20(39-28(34)35)7-8-22(21)31/h7-8,13-15,19H,4-6,9-12,16-17H2,1-3H3,(H,29,32)(H,34,35). The van der Waals surface area contributed by atoms with E-state index in [1.165, 1.54) is 6.07 Å². The Labute approximate surface area is 227 Å². The van der Waals surface area contributed by atoms with E-state index in [1.807, 2.05) is 26.0 Å². The van der Waals surface area contributed by atoms with Crippen LogP contribution in [0.5, 0.6) is 17.2 Å². The number of rotatable bonds is 10. The summed E-state index contributed by atoms with van der Waals surface area (Å²) in [6, 6.07) is 8.84. The Morgan fingerprint density at radius 3 is 2.26 bits per heavy atom. The third-order valence-electron chi connectivity index (χ3n) is 6.68. The summed E-state index contributed by atoms with van der Waals surface area (Å²) >= 11 is 0. The number of piperidine rings is 1. The predicted molar refractivity (Wildman–Crippen MR) is 144 cm³/mol. The van der Waals surface area contributed by atoms with Crippen LogP contribution in [0.4, 0.5) is 16.2 Å². The number of carboxylic acid groups (broad SMARTS) is 1. The van der Waals surface area contributed by atoms with E-state index in [0.717, 1.165) is 37.2 Å². The number of esters is 1. The molecule has 2 aliphatic heterocycles. The van der Waals surface area contributed by atoms with Crippen molar-refractivity contribution in [3.05, 3.63) is 41.5 Å². The molecular weight excluding hydrogens is 506 g/mol. The first-order valence-corrected chi connectivity index (χ1v) is 13.3. The number of benzene rings is 2. The number of nitrogens with one attached hydrogen (secondary N) is 1. The van der Waals surface area contributed by atoms with E-state index in [1.54, 1.807) is 19.1 Å². The Morgan fingerprint density at radius 2 is 1.67 bits per heavy atom. The summed E-state index contributed by atoms with van der Waals surface area (Å²) in [5.74, 6) is 0.447. The topological polar surface area (TPSA) is 127 Å². The van der Waals surface area contributed by atoms with Gasteiger partial charge >= 0.3 is 12.1 Å². The van der Waals surface area contributed by atoms with Crippen LogP contribution < -0.4 is 24.4 Å². The van der Waals surface area contributed by atoms with Crippen molar-refractivity contribution < 1.29 is 38.4 Å². The van der Waals surface area contributed by atoms with Gasteiger partial charge in [0, 0.05) is 31.7 Å². The molecule has 0 spiro atoms. The first-order valence-electron chi connectivity index (χ1n) is 13.3. The van der Waals surface area contributed by atoms with Crippen LogP contribution in [0, 0.1) is 0 Å². The minimum absolute atomic E-state index is 0.147. The fourth-order valence-electron chi connectivity index (χ4n) is 5.11. The van der Waals surface area contributed by atoms with E-state index in [4.69, 9.17) is 24.1 Å². The SMILES string of the molecule is CCOC(=O)c1c(OCC)cc(CN2CCC(N3CC(=O)Nc4cc(OC(=O)O)ccc43)CC2)cc1OCC. The van der Waals surface area contributed by atoms with Gasteiger partial charge in [-0.3, -0.25) is 9.69 Å². The molecule has 2 N–H and O–H groups in total. The molecule has 2 heterocycles. The summed E-state index contributed by atoms with van der Waals surface area (Å²) in [6.45, 7) is 9.08. The molecule has 1 amide bonds. The first kappa shape index (κ1) is 28.0. The molecule has 4 rings (SSSR count). The summed E-state index contributed by atoms with van der Waals surface area (Å²) in [5, 5.41) is 11.7. The van der Waals surface area contributed by atoms with Crippen molar-refractivity contribution in [1.82, 2.24) is 4.90 Å². The number of amides is 1. The molecule has 1 saturated heterocycles. The van der Waals surface area contributed by atoms with Crippen LogP contribution in [0.3, 0.4) is 0 Å². The van der Waals surface area contributed by atoms with E-state index in [2.05, 4.69) is 15.1 Å². The number of carbonyl (C=O) groups is 3. The van der Waals surface area contributed by atoms with Gasteiger partial charge in [0.2, 0.25) is 5.91 Å². The molecule has 0 aliphatic carbocycles. The van der Waals surface area contributed by atoms with Gasteiger partial charge in [0.1, 0.15) is 22.8 Å². The second kappa shape index (κ2) is 12.7. The molecule has 0 radical (unpaired) electrons. The maximum atomic E-state index is 12.6. The zero-order valence-corrected chi connectivity index (χ0v) is 22.5. The van der Waals surface area contributed by atoms with Gasteiger partial charge in [-0.2, -0.15) is 0 Å². The zero-order chi connectivity index (χ0) is 27.9. The predicted octanol–water partition coefficient (Wildman–Crippen LogP) is 4.14. The fraction of sp³-hybridized carbons (Fsp3) is 0.464. The molecule has 0 atom stereocenters. The maximum Gasteiger partial charge on any atom is 0.511 e. The number of anilines is 2. The Kier molecular flexibility index (Phi) is 9.13. The lowest BCUT2D eigenvalue weighted by atomic mass is 9.99. The third-order valence-corrected chi connectivity index (χ3v) is 6.68. The molecule has 1 fully saturated rings. The molecule has 39 heavy (non-hydrogen) atoms. The molecule has 2 aromatic carbocycles. The van der Waals surface area contributed by atoms with Crippen LogP contribution in [0.2, 0.25) is 0 Å². The van der Waals surface area contributed by atoms with Gasteiger partial charge < -0.3 is 34.3 Å². The van der Waals surface area contributed by atoms with E-state index in [-0.39, 0.29) is 30.9 Å². The molecule has 2 aliphatic rings. The molecule has 0 unspecified atom stereocenters. The van der Waals surface area contributed by atoms with Crippen molar-refractivity contribution in [3.63, 3.8) is 0 Å². The van der Waals surface area contributed by atoms with Crippen LogP contribution in [0.25, 0.3) is 0 Å². The molecule has 0 bridgehead atoms. The van der Waals surface area contributed by atoms with Crippen LogP contribution in [0.15, 0.2) is 30.3 Å². The van der Waals surface area contributed by atoms with Gasteiger partial charge in [-0.15, -0.1) is 0 Å². The highest BCUT2D eigenvalue weighted by atomic mass is 16.7. The number of likely N-dealkylation sites (tertiary alicyclic amines) is 1. The fourth-order valence-corrected chi connectivity index (χ4v) is 5.11. The lowest BCUT2D eigenvalue weighted by Crippen LogP contribution is -2.49. The highest BCUT2D eigenvalue weighted by molar-refractivity contribution is 6.01. The van der Waals surface area contributed by atoms with Gasteiger partial charge in [0.05, 0.1) is 37.7 Å². The first-order chi connectivity index (χ1) is 18.8. The summed E-state index contributed by atoms with van der Waals surface area (Å²) < 4.78 is 21.6. The lowest BCUT2D eigenvalue weighted by molar-refractivity contribution is -0.115. The van der Waals surface area contributed by atoms with Crippen molar-refractivity contribution in [3.8, 4) is 17.2 Å². The van der Waals surface area contributed by atoms with Crippen LogP contribution >= 0.6 is 0 Å². The molecular formula is C28H35N3O8. The smallest absolute Gasteiger partial charge is 0.493 e. The summed E-state index contributed by atoms with van der Waals surface area (Å²) in [5.41, 5.74) is 2.67. The van der Waals surface area contributed by atoms with Gasteiger partial charge in [0.25, 0.3) is 0 Å². The van der Waals surface area contributed by atoms with E-state index < -0.39 is 12.1 Å². The Balaban J connectivity index is 1.47. The third kappa shape index (κ3) is 6.72. The van der Waals surface area contributed by atoms with E-state index in [0.29, 0.717) is 42.5 Å². The largest absolute Gasteiger partial charge is 0.511 e. The van der Waals surface area contributed by atoms with Crippen molar-refractivity contribution in [1.29, 1.82) is 0 Å². The quantitative estimate of drug-likeness (QED) is 0.335. The number of carbonyl (C=O) groups excluding carboxylic acids is 2. The molecule has 2 aromatic rings. The molecule has 11 heteroatoms. The molecule has 0 saturated carbocycles. The maximum absolute atomic E-state index is 12.6. The summed E-state index contributed by atoms with van der Waals surface area (Å²) in [7, 11) is 0. The van der Waals surface area contributed by atoms with Crippen LogP contribution in [0.1, 0.15) is 49.5 Å². The van der Waals surface area contributed by atoms with Gasteiger partial charge in [-0.05, 0) is 63.4 Å². The van der Waals surface area contributed by atoms with Gasteiger partial charge in [0.15, 0.2) is 0 Å². The van der Waals surface area contributed by atoms with Crippen molar-refractivity contribution in [2.24, 2.45) is 0 Å². The van der Waals surface area contributed by atoms with Crippen LogP contribution in [-0.2, 0) is 16.1 Å². The monoisotopic (exact) mass is 541 g/mol. The Bertz CT molecular complexity index is 1180. The summed E-state index contributed by atoms with van der Waals surface area (Å²) in [4.78, 5) is 40.4. The van der Waals surface area contributed by atoms with Crippen molar-refractivity contribution in [2.45, 2.75) is 46.2 Å². The number of fused-ring (bicyclic) bond motifs is 1. The number of hydrogen-bond acceptors (Lipinski definition) is 9. The average Bonchev–Trinajstić information content (AvgIpc) is 2.88. The number of nitrogens with zero attached hydrogens (tertiary/aromatic N) is 2. The highest BCUT2D eigenvalue weighted by Crippen LogP contribution is 2.37. The number of ether oxygens (including phenoxy) is 4. The lowest BCUT2D eigenvalue weighted by Gasteiger charge is -2.42.